The van der Waals surface area contributed by atoms with Crippen LogP contribution < -0.4 is 16.4 Å². The van der Waals surface area contributed by atoms with E-state index in [9.17, 15) is 0 Å². The molecule has 1 aromatic heterocycles. The molecule has 5 nitrogen and oxygen atoms in total. The van der Waals surface area contributed by atoms with Gasteiger partial charge in [-0.15, -0.1) is 0 Å². The molecule has 0 amide bonds. The summed E-state index contributed by atoms with van der Waals surface area (Å²) in [6.07, 6.45) is 3.60. The van der Waals surface area contributed by atoms with Crippen LogP contribution in [0.25, 0.3) is 10.9 Å². The Morgan fingerprint density at radius 2 is 1.79 bits per heavy atom. The minimum atomic E-state index is -0.320. The van der Waals surface area contributed by atoms with E-state index in [1.807, 2.05) is 29.2 Å². The molecule has 4 aromatic rings. The highest BCUT2D eigenvalue weighted by atomic mass is 15.3. The number of nitrogen functional groups attached to an aromatic ring is 1. The Kier molecular flexibility index (Phi) is 3.88. The van der Waals surface area contributed by atoms with Gasteiger partial charge in [0, 0.05) is 40.6 Å². The van der Waals surface area contributed by atoms with E-state index in [0.29, 0.717) is 5.69 Å². The molecule has 1 aliphatic heterocycles. The first-order valence-corrected chi connectivity index (χ1v) is 9.29. The third-order valence-electron chi connectivity index (χ3n) is 5.24. The average Bonchev–Trinajstić information content (AvgIpc) is 3.11. The SMILES string of the molecule is Nc1ccc2c(c1)C(N)N(c1ccc3c(ccn3Cc3ccccc3)c1)C=N2. The van der Waals surface area contributed by atoms with Crippen LogP contribution in [-0.2, 0) is 6.54 Å². The summed E-state index contributed by atoms with van der Waals surface area (Å²) in [6.45, 7) is 0.848. The number of hydrogen-bond acceptors (Lipinski definition) is 4. The maximum absolute atomic E-state index is 6.52. The number of benzene rings is 3. The van der Waals surface area contributed by atoms with Gasteiger partial charge in [0.05, 0.1) is 12.0 Å². The van der Waals surface area contributed by atoms with E-state index in [2.05, 4.69) is 64.3 Å². The summed E-state index contributed by atoms with van der Waals surface area (Å²) in [7, 11) is 0. The summed E-state index contributed by atoms with van der Waals surface area (Å²) >= 11 is 0. The highest BCUT2D eigenvalue weighted by Crippen LogP contribution is 2.35. The monoisotopic (exact) mass is 367 g/mol. The lowest BCUT2D eigenvalue weighted by Crippen LogP contribution is -2.35. The molecule has 0 spiro atoms. The lowest BCUT2D eigenvalue weighted by molar-refractivity contribution is 0.751. The highest BCUT2D eigenvalue weighted by molar-refractivity contribution is 5.91. The van der Waals surface area contributed by atoms with Gasteiger partial charge in [-0.2, -0.15) is 0 Å². The van der Waals surface area contributed by atoms with Gasteiger partial charge in [0.25, 0.3) is 0 Å². The first-order chi connectivity index (χ1) is 13.7. The number of aromatic nitrogens is 1. The molecule has 3 aromatic carbocycles. The number of anilines is 2. The van der Waals surface area contributed by atoms with Crippen molar-refractivity contribution >= 4 is 34.3 Å². The zero-order valence-electron chi connectivity index (χ0n) is 15.4. The van der Waals surface area contributed by atoms with Gasteiger partial charge in [-0.3, -0.25) is 0 Å². The Labute approximate surface area is 163 Å². The van der Waals surface area contributed by atoms with Crippen molar-refractivity contribution in [2.75, 3.05) is 10.6 Å². The second kappa shape index (κ2) is 6.55. The van der Waals surface area contributed by atoms with Gasteiger partial charge >= 0.3 is 0 Å². The van der Waals surface area contributed by atoms with Crippen molar-refractivity contribution in [3.63, 3.8) is 0 Å². The first kappa shape index (κ1) is 16.6. The van der Waals surface area contributed by atoms with Crippen LogP contribution in [-0.4, -0.2) is 10.9 Å². The van der Waals surface area contributed by atoms with E-state index in [0.717, 1.165) is 23.5 Å². The zero-order valence-corrected chi connectivity index (χ0v) is 15.4. The number of hydrogen-bond donors (Lipinski definition) is 2. The molecule has 1 unspecified atom stereocenters. The lowest BCUT2D eigenvalue weighted by atomic mass is 10.1. The second-order valence-electron chi connectivity index (χ2n) is 7.09. The summed E-state index contributed by atoms with van der Waals surface area (Å²) in [4.78, 5) is 6.53. The van der Waals surface area contributed by atoms with E-state index in [-0.39, 0.29) is 6.17 Å². The number of aliphatic imine (C=N–C) groups is 1. The molecule has 138 valence electrons. The quantitative estimate of drug-likeness (QED) is 0.527. The Bertz CT molecular complexity index is 1180. The van der Waals surface area contributed by atoms with E-state index in [1.165, 1.54) is 16.5 Å². The second-order valence-corrected chi connectivity index (χ2v) is 7.09. The minimum Gasteiger partial charge on any atom is -0.399 e. The van der Waals surface area contributed by atoms with Crippen LogP contribution in [0.4, 0.5) is 17.1 Å². The molecule has 1 aliphatic rings. The molecule has 0 saturated carbocycles. The highest BCUT2D eigenvalue weighted by Gasteiger charge is 2.22. The van der Waals surface area contributed by atoms with Crippen molar-refractivity contribution in [3.8, 4) is 0 Å². The average molecular weight is 367 g/mol. The Morgan fingerprint density at radius 1 is 0.929 bits per heavy atom. The Balaban J connectivity index is 1.48. The standard InChI is InChI=1S/C23H21N5/c24-18-6-8-21-20(13-18)23(25)28(15-26-21)19-7-9-22-17(12-19)10-11-27(22)14-16-4-2-1-3-5-16/h1-13,15,23H,14,24-25H2. The molecular formula is C23H21N5. The first-order valence-electron chi connectivity index (χ1n) is 9.29. The molecule has 0 aliphatic carbocycles. The van der Waals surface area contributed by atoms with Crippen molar-refractivity contribution in [1.82, 2.24) is 4.57 Å². The fraction of sp³-hybridized carbons (Fsp3) is 0.0870. The van der Waals surface area contributed by atoms with Crippen LogP contribution >= 0.6 is 0 Å². The molecule has 0 saturated heterocycles. The van der Waals surface area contributed by atoms with Crippen molar-refractivity contribution in [2.24, 2.45) is 10.7 Å². The number of fused-ring (bicyclic) bond motifs is 2. The maximum Gasteiger partial charge on any atom is 0.111 e. The number of nitrogens with two attached hydrogens (primary N) is 2. The third kappa shape index (κ3) is 2.82. The van der Waals surface area contributed by atoms with Gasteiger partial charge in [0.2, 0.25) is 0 Å². The van der Waals surface area contributed by atoms with Crippen molar-refractivity contribution in [3.05, 3.63) is 90.1 Å². The van der Waals surface area contributed by atoms with Crippen LogP contribution in [0.15, 0.2) is 84.0 Å². The molecule has 1 atom stereocenters. The van der Waals surface area contributed by atoms with Gasteiger partial charge in [0.15, 0.2) is 0 Å². The van der Waals surface area contributed by atoms with E-state index >= 15 is 0 Å². The van der Waals surface area contributed by atoms with Gasteiger partial charge in [-0.05, 0) is 48.0 Å². The number of nitrogens with zero attached hydrogens (tertiary/aromatic N) is 3. The van der Waals surface area contributed by atoms with Crippen molar-refractivity contribution in [2.45, 2.75) is 12.7 Å². The van der Waals surface area contributed by atoms with E-state index in [4.69, 9.17) is 11.5 Å². The van der Waals surface area contributed by atoms with Crippen LogP contribution in [0.1, 0.15) is 17.3 Å². The van der Waals surface area contributed by atoms with Gasteiger partial charge in [-0.1, -0.05) is 30.3 Å². The molecule has 0 fully saturated rings. The molecule has 4 N–H and O–H groups in total. The third-order valence-corrected chi connectivity index (χ3v) is 5.24. The van der Waals surface area contributed by atoms with Crippen molar-refractivity contribution < 1.29 is 0 Å². The molecule has 0 radical (unpaired) electrons. The van der Waals surface area contributed by atoms with E-state index in [1.54, 1.807) is 6.34 Å². The minimum absolute atomic E-state index is 0.320. The maximum atomic E-state index is 6.52. The van der Waals surface area contributed by atoms with Crippen molar-refractivity contribution in [1.29, 1.82) is 0 Å². The summed E-state index contributed by atoms with van der Waals surface area (Å²) < 4.78 is 2.26. The van der Waals surface area contributed by atoms with Crippen LogP contribution in [0.2, 0.25) is 0 Å². The molecule has 28 heavy (non-hydrogen) atoms. The Morgan fingerprint density at radius 3 is 2.64 bits per heavy atom. The zero-order chi connectivity index (χ0) is 19.1. The normalized spacial score (nSPS) is 15.8. The smallest absolute Gasteiger partial charge is 0.111 e. The van der Waals surface area contributed by atoms with Gasteiger partial charge in [0.1, 0.15) is 6.17 Å². The lowest BCUT2D eigenvalue weighted by Gasteiger charge is -2.31. The summed E-state index contributed by atoms with van der Waals surface area (Å²) in [5.74, 6) is 0. The molecular weight excluding hydrogens is 346 g/mol. The fourth-order valence-electron chi connectivity index (χ4n) is 3.77. The summed E-state index contributed by atoms with van der Waals surface area (Å²) in [5.41, 5.74) is 18.4. The molecule has 2 heterocycles. The summed E-state index contributed by atoms with van der Waals surface area (Å²) in [6, 6.07) is 24.7. The summed E-state index contributed by atoms with van der Waals surface area (Å²) in [5, 5.41) is 1.17. The van der Waals surface area contributed by atoms with Crippen LogP contribution in [0.5, 0.6) is 0 Å². The van der Waals surface area contributed by atoms with Crippen LogP contribution in [0, 0.1) is 0 Å². The predicted octanol–water partition coefficient (Wildman–Crippen LogP) is 4.41. The predicted molar refractivity (Wildman–Crippen MR) is 116 cm³/mol. The molecule has 0 bridgehead atoms. The van der Waals surface area contributed by atoms with Gasteiger partial charge < -0.3 is 20.9 Å². The van der Waals surface area contributed by atoms with Gasteiger partial charge in [-0.25, -0.2) is 4.99 Å². The Hall–Kier alpha value is -3.57. The molecule has 5 rings (SSSR count). The topological polar surface area (TPSA) is 72.6 Å². The largest absolute Gasteiger partial charge is 0.399 e. The fourth-order valence-corrected chi connectivity index (χ4v) is 3.77. The molecule has 5 heteroatoms. The number of rotatable bonds is 3. The van der Waals surface area contributed by atoms with E-state index < -0.39 is 0 Å². The van der Waals surface area contributed by atoms with Crippen LogP contribution in [0.3, 0.4) is 0 Å².